The van der Waals surface area contributed by atoms with E-state index in [2.05, 4.69) is 16.0 Å². The molecule has 1 aromatic rings. The number of halogens is 2. The first kappa shape index (κ1) is 18.9. The number of nitrogens with zero attached hydrogens (tertiary/aromatic N) is 1. The van der Waals surface area contributed by atoms with Crippen LogP contribution in [0.25, 0.3) is 0 Å². The Hall–Kier alpha value is -2.39. The van der Waals surface area contributed by atoms with E-state index >= 15 is 0 Å². The number of amides is 3. The molecular formula is C19H22F2N4O3. The monoisotopic (exact) mass is 392 g/mol. The minimum Gasteiger partial charge on any atom is -0.322 e. The van der Waals surface area contributed by atoms with Crippen molar-refractivity contribution in [2.75, 3.05) is 13.1 Å². The molecule has 2 saturated heterocycles. The number of hydrogen-bond donors (Lipinski definition) is 3. The second-order valence-electron chi connectivity index (χ2n) is 7.51. The van der Waals surface area contributed by atoms with Gasteiger partial charge in [-0.25, -0.2) is 8.78 Å². The first-order chi connectivity index (χ1) is 13.4. The molecule has 0 aliphatic carbocycles. The molecule has 3 amide bonds. The van der Waals surface area contributed by atoms with Crippen LogP contribution in [0.5, 0.6) is 0 Å². The Morgan fingerprint density at radius 1 is 1.21 bits per heavy atom. The van der Waals surface area contributed by atoms with Crippen LogP contribution in [0.4, 0.5) is 8.78 Å². The van der Waals surface area contributed by atoms with Gasteiger partial charge in [-0.2, -0.15) is 0 Å². The fourth-order valence-electron chi connectivity index (χ4n) is 4.16. The minimum atomic E-state index is -2.85. The number of fused-ring (bicyclic) bond motifs is 1. The highest BCUT2D eigenvalue weighted by atomic mass is 19.3. The van der Waals surface area contributed by atoms with E-state index in [0.29, 0.717) is 30.5 Å². The summed E-state index contributed by atoms with van der Waals surface area (Å²) in [5, 5.41) is 7.86. The predicted molar refractivity (Wildman–Crippen MR) is 95.5 cm³/mol. The summed E-state index contributed by atoms with van der Waals surface area (Å²) in [4.78, 5) is 38.0. The van der Waals surface area contributed by atoms with Crippen LogP contribution in [0.3, 0.4) is 0 Å². The third-order valence-electron chi connectivity index (χ3n) is 5.66. The van der Waals surface area contributed by atoms with Gasteiger partial charge in [-0.05, 0) is 30.5 Å². The largest absolute Gasteiger partial charge is 0.322 e. The van der Waals surface area contributed by atoms with E-state index in [-0.39, 0.29) is 37.9 Å². The topological polar surface area (TPSA) is 90.5 Å². The molecule has 9 heteroatoms. The van der Waals surface area contributed by atoms with Crippen LogP contribution in [-0.2, 0) is 22.7 Å². The number of nitrogens with one attached hydrogen (secondary N) is 3. The molecule has 3 N–H and O–H groups in total. The molecule has 0 spiro atoms. The highest BCUT2D eigenvalue weighted by molar-refractivity contribution is 6.05. The molecule has 3 aliphatic rings. The van der Waals surface area contributed by atoms with Gasteiger partial charge >= 0.3 is 0 Å². The van der Waals surface area contributed by atoms with Crippen molar-refractivity contribution in [3.8, 4) is 0 Å². The average molecular weight is 392 g/mol. The molecule has 2 atom stereocenters. The number of carbonyl (C=O) groups is 3. The van der Waals surface area contributed by atoms with E-state index in [0.717, 1.165) is 5.56 Å². The quantitative estimate of drug-likeness (QED) is 0.651. The van der Waals surface area contributed by atoms with Gasteiger partial charge in [-0.15, -0.1) is 0 Å². The van der Waals surface area contributed by atoms with Gasteiger partial charge in [-0.3, -0.25) is 19.7 Å². The van der Waals surface area contributed by atoms with Crippen LogP contribution in [0.1, 0.15) is 40.7 Å². The number of benzene rings is 1. The second-order valence-corrected chi connectivity index (χ2v) is 7.51. The molecule has 0 radical (unpaired) electrons. The van der Waals surface area contributed by atoms with Crippen molar-refractivity contribution in [3.05, 3.63) is 34.9 Å². The number of imide groups is 1. The standard InChI is InChI=1S/C19H22F2N4O3/c20-19(21)10-22-7-6-14(19)23-8-11-2-1-3-12-9-25(18(28)16(11)12)13-4-5-15(26)24-17(13)27/h1-3,13-14,22-23H,4-10H2,(H,24,26,27). The van der Waals surface area contributed by atoms with Crippen molar-refractivity contribution in [1.29, 1.82) is 0 Å². The van der Waals surface area contributed by atoms with Gasteiger partial charge in [0, 0.05) is 25.1 Å². The van der Waals surface area contributed by atoms with Crippen molar-refractivity contribution >= 4 is 17.7 Å². The summed E-state index contributed by atoms with van der Waals surface area (Å²) >= 11 is 0. The molecule has 0 aromatic heterocycles. The van der Waals surface area contributed by atoms with Gasteiger partial charge in [-0.1, -0.05) is 18.2 Å². The SMILES string of the molecule is O=C1CCC(N2Cc3cccc(CNC4CCNCC4(F)F)c3C2=O)C(=O)N1. The lowest BCUT2D eigenvalue weighted by atomic mass is 10.00. The molecule has 1 aromatic carbocycles. The van der Waals surface area contributed by atoms with Crippen molar-refractivity contribution in [2.45, 2.75) is 50.4 Å². The third-order valence-corrected chi connectivity index (χ3v) is 5.66. The maximum Gasteiger partial charge on any atom is 0.275 e. The maximum atomic E-state index is 14.0. The van der Waals surface area contributed by atoms with Gasteiger partial charge in [0.2, 0.25) is 11.8 Å². The Kier molecular flexibility index (Phi) is 4.88. The van der Waals surface area contributed by atoms with Crippen LogP contribution >= 0.6 is 0 Å². The maximum absolute atomic E-state index is 14.0. The first-order valence-corrected chi connectivity index (χ1v) is 9.44. The Balaban J connectivity index is 1.50. The lowest BCUT2D eigenvalue weighted by molar-refractivity contribution is -0.136. The summed E-state index contributed by atoms with van der Waals surface area (Å²) in [5.41, 5.74) is 1.88. The second kappa shape index (κ2) is 7.21. The van der Waals surface area contributed by atoms with E-state index in [1.54, 1.807) is 12.1 Å². The van der Waals surface area contributed by atoms with Gasteiger partial charge < -0.3 is 15.5 Å². The van der Waals surface area contributed by atoms with Gasteiger partial charge in [0.25, 0.3) is 11.8 Å². The van der Waals surface area contributed by atoms with Crippen molar-refractivity contribution in [2.24, 2.45) is 0 Å². The average Bonchev–Trinajstić information content (AvgIpc) is 2.98. The van der Waals surface area contributed by atoms with Crippen molar-refractivity contribution in [1.82, 2.24) is 20.9 Å². The van der Waals surface area contributed by atoms with Gasteiger partial charge in [0.1, 0.15) is 6.04 Å². The summed E-state index contributed by atoms with van der Waals surface area (Å²) < 4.78 is 28.1. The van der Waals surface area contributed by atoms with Crippen LogP contribution in [0.2, 0.25) is 0 Å². The molecule has 28 heavy (non-hydrogen) atoms. The molecule has 2 unspecified atom stereocenters. The predicted octanol–water partition coefficient (Wildman–Crippen LogP) is 0.534. The fraction of sp³-hybridized carbons (Fsp3) is 0.526. The number of carbonyl (C=O) groups excluding carboxylic acids is 3. The summed E-state index contributed by atoms with van der Waals surface area (Å²) in [5.74, 6) is -3.94. The highest BCUT2D eigenvalue weighted by Gasteiger charge is 2.42. The Labute approximate surface area is 160 Å². The van der Waals surface area contributed by atoms with Crippen molar-refractivity contribution < 1.29 is 23.2 Å². The molecule has 7 nitrogen and oxygen atoms in total. The van der Waals surface area contributed by atoms with Crippen molar-refractivity contribution in [3.63, 3.8) is 0 Å². The smallest absolute Gasteiger partial charge is 0.275 e. The Morgan fingerprint density at radius 2 is 2.04 bits per heavy atom. The molecule has 0 saturated carbocycles. The molecule has 150 valence electrons. The molecule has 3 heterocycles. The fourth-order valence-corrected chi connectivity index (χ4v) is 4.16. The summed E-state index contributed by atoms with van der Waals surface area (Å²) in [6.45, 7) is 0.582. The van der Waals surface area contributed by atoms with E-state index < -0.39 is 23.9 Å². The normalized spacial score (nSPS) is 26.9. The number of hydrogen-bond acceptors (Lipinski definition) is 5. The molecular weight excluding hydrogens is 370 g/mol. The van der Waals surface area contributed by atoms with Gasteiger partial charge in [0.15, 0.2) is 0 Å². The lowest BCUT2D eigenvalue weighted by Crippen LogP contribution is -2.55. The summed E-state index contributed by atoms with van der Waals surface area (Å²) in [6.07, 6.45) is 0.785. The van der Waals surface area contributed by atoms with E-state index in [4.69, 9.17) is 0 Å². The number of rotatable bonds is 4. The Morgan fingerprint density at radius 3 is 2.79 bits per heavy atom. The van der Waals surface area contributed by atoms with Crippen LogP contribution in [0.15, 0.2) is 18.2 Å². The molecule has 0 bridgehead atoms. The summed E-state index contributed by atoms with van der Waals surface area (Å²) in [6, 6.07) is 3.70. The Bertz CT molecular complexity index is 829. The molecule has 2 fully saturated rings. The third kappa shape index (κ3) is 3.40. The minimum absolute atomic E-state index is 0.151. The van der Waals surface area contributed by atoms with Crippen LogP contribution in [-0.4, -0.2) is 53.7 Å². The molecule has 3 aliphatic heterocycles. The molecule has 4 rings (SSSR count). The zero-order valence-electron chi connectivity index (χ0n) is 15.3. The zero-order valence-corrected chi connectivity index (χ0v) is 15.3. The van der Waals surface area contributed by atoms with Gasteiger partial charge in [0.05, 0.1) is 12.6 Å². The van der Waals surface area contributed by atoms with E-state index in [1.807, 2.05) is 6.07 Å². The number of piperidine rings is 2. The van der Waals surface area contributed by atoms with Crippen LogP contribution in [0, 0.1) is 0 Å². The van der Waals surface area contributed by atoms with E-state index in [9.17, 15) is 23.2 Å². The van der Waals surface area contributed by atoms with E-state index in [1.165, 1.54) is 4.90 Å². The first-order valence-electron chi connectivity index (χ1n) is 9.44. The lowest BCUT2D eigenvalue weighted by Gasteiger charge is -2.32. The summed E-state index contributed by atoms with van der Waals surface area (Å²) in [7, 11) is 0. The van der Waals surface area contributed by atoms with Crippen LogP contribution < -0.4 is 16.0 Å². The zero-order chi connectivity index (χ0) is 19.9. The number of alkyl halides is 2. The highest BCUT2D eigenvalue weighted by Crippen LogP contribution is 2.30.